The van der Waals surface area contributed by atoms with Crippen LogP contribution in [0.4, 0.5) is 11.4 Å². The molecule has 0 spiro atoms. The van der Waals surface area contributed by atoms with Crippen molar-refractivity contribution < 1.29 is 4.74 Å². The lowest BCUT2D eigenvalue weighted by atomic mass is 10.2. The Labute approximate surface area is 98.4 Å². The molecule has 1 N–H and O–H groups in total. The summed E-state index contributed by atoms with van der Waals surface area (Å²) in [6, 6.07) is 8.37. The fourth-order valence-corrected chi connectivity index (χ4v) is 1.41. The van der Waals surface area contributed by atoms with E-state index in [0.29, 0.717) is 0 Å². The Morgan fingerprint density at radius 3 is 2.75 bits per heavy atom. The molecule has 3 heteroatoms. The molecule has 0 unspecified atom stereocenters. The maximum atomic E-state index is 5.41. The second-order valence-electron chi connectivity index (χ2n) is 3.98. The van der Waals surface area contributed by atoms with Crippen molar-refractivity contribution in [2.75, 3.05) is 44.1 Å². The van der Waals surface area contributed by atoms with Gasteiger partial charge in [-0.15, -0.1) is 0 Å². The second-order valence-corrected chi connectivity index (χ2v) is 3.98. The fraction of sp³-hybridized carbons (Fsp3) is 0.538. The van der Waals surface area contributed by atoms with E-state index >= 15 is 0 Å². The standard InChI is InChI=1S/C13H22N2O/c1-4-9-16-10-8-14-12-6-5-7-13(11-12)15(2)3/h5-7,11,14H,4,8-10H2,1-3H3. The van der Waals surface area contributed by atoms with Crippen LogP contribution in [0.15, 0.2) is 24.3 Å². The van der Waals surface area contributed by atoms with Gasteiger partial charge in [-0.3, -0.25) is 0 Å². The molecule has 0 saturated heterocycles. The van der Waals surface area contributed by atoms with Crippen molar-refractivity contribution in [3.63, 3.8) is 0 Å². The van der Waals surface area contributed by atoms with E-state index in [2.05, 4.69) is 41.4 Å². The average molecular weight is 222 g/mol. The molecule has 0 aliphatic rings. The molecule has 0 bridgehead atoms. The van der Waals surface area contributed by atoms with Gasteiger partial charge in [-0.2, -0.15) is 0 Å². The first kappa shape index (κ1) is 12.8. The molecule has 0 fully saturated rings. The molecule has 0 aliphatic carbocycles. The lowest BCUT2D eigenvalue weighted by molar-refractivity contribution is 0.144. The zero-order valence-corrected chi connectivity index (χ0v) is 10.5. The van der Waals surface area contributed by atoms with Gasteiger partial charge in [0.15, 0.2) is 0 Å². The summed E-state index contributed by atoms with van der Waals surface area (Å²) in [6.07, 6.45) is 1.08. The summed E-state index contributed by atoms with van der Waals surface area (Å²) in [5, 5.41) is 3.35. The van der Waals surface area contributed by atoms with Crippen LogP contribution in [0.25, 0.3) is 0 Å². The molecule has 1 aromatic rings. The van der Waals surface area contributed by atoms with E-state index < -0.39 is 0 Å². The zero-order valence-electron chi connectivity index (χ0n) is 10.5. The third-order valence-corrected chi connectivity index (χ3v) is 2.29. The number of ether oxygens (including phenoxy) is 1. The molecule has 0 aromatic heterocycles. The van der Waals surface area contributed by atoms with Gasteiger partial charge in [0.05, 0.1) is 6.61 Å². The SMILES string of the molecule is CCCOCCNc1cccc(N(C)C)c1. The van der Waals surface area contributed by atoms with Gasteiger partial charge in [0.2, 0.25) is 0 Å². The lowest BCUT2D eigenvalue weighted by Crippen LogP contribution is -2.11. The van der Waals surface area contributed by atoms with Crippen molar-refractivity contribution in [2.24, 2.45) is 0 Å². The monoisotopic (exact) mass is 222 g/mol. The Morgan fingerprint density at radius 1 is 1.25 bits per heavy atom. The van der Waals surface area contributed by atoms with Gasteiger partial charge < -0.3 is 15.0 Å². The van der Waals surface area contributed by atoms with E-state index in [1.165, 1.54) is 5.69 Å². The predicted octanol–water partition coefficient (Wildman–Crippen LogP) is 2.59. The quantitative estimate of drug-likeness (QED) is 0.718. The second kappa shape index (κ2) is 7.12. The minimum absolute atomic E-state index is 0.764. The maximum Gasteiger partial charge on any atom is 0.0639 e. The molecule has 1 rings (SSSR count). The normalized spacial score (nSPS) is 10.2. The maximum absolute atomic E-state index is 5.41. The van der Waals surface area contributed by atoms with E-state index in [1.54, 1.807) is 0 Å². The Balaban J connectivity index is 2.33. The summed E-state index contributed by atoms with van der Waals surface area (Å²) in [5.74, 6) is 0. The smallest absolute Gasteiger partial charge is 0.0639 e. The summed E-state index contributed by atoms with van der Waals surface area (Å²) in [7, 11) is 4.09. The van der Waals surface area contributed by atoms with Crippen LogP contribution in [0.5, 0.6) is 0 Å². The first-order chi connectivity index (χ1) is 7.74. The number of nitrogens with zero attached hydrogens (tertiary/aromatic N) is 1. The van der Waals surface area contributed by atoms with Crippen LogP contribution >= 0.6 is 0 Å². The highest BCUT2D eigenvalue weighted by atomic mass is 16.5. The third kappa shape index (κ3) is 4.53. The van der Waals surface area contributed by atoms with Crippen molar-refractivity contribution in [3.05, 3.63) is 24.3 Å². The molecular formula is C13H22N2O. The van der Waals surface area contributed by atoms with Gasteiger partial charge in [-0.05, 0) is 24.6 Å². The minimum atomic E-state index is 0.764. The summed E-state index contributed by atoms with van der Waals surface area (Å²) in [6.45, 7) is 4.59. The van der Waals surface area contributed by atoms with Crippen LogP contribution in [-0.4, -0.2) is 33.9 Å². The highest BCUT2D eigenvalue weighted by Gasteiger charge is 1.96. The Kier molecular flexibility index (Phi) is 5.72. The van der Waals surface area contributed by atoms with E-state index in [0.717, 1.165) is 31.9 Å². The third-order valence-electron chi connectivity index (χ3n) is 2.29. The first-order valence-electron chi connectivity index (χ1n) is 5.83. The van der Waals surface area contributed by atoms with Crippen molar-refractivity contribution in [3.8, 4) is 0 Å². The number of benzene rings is 1. The molecule has 16 heavy (non-hydrogen) atoms. The molecule has 0 heterocycles. The predicted molar refractivity (Wildman–Crippen MR) is 70.4 cm³/mol. The lowest BCUT2D eigenvalue weighted by Gasteiger charge is -2.14. The molecule has 0 aliphatic heterocycles. The van der Waals surface area contributed by atoms with Crippen LogP contribution in [0.3, 0.4) is 0 Å². The van der Waals surface area contributed by atoms with Crippen LogP contribution in [0.1, 0.15) is 13.3 Å². The Hall–Kier alpha value is -1.22. The number of anilines is 2. The highest BCUT2D eigenvalue weighted by molar-refractivity contribution is 5.57. The molecule has 1 aromatic carbocycles. The summed E-state index contributed by atoms with van der Waals surface area (Å²) < 4.78 is 5.41. The molecule has 0 atom stereocenters. The summed E-state index contributed by atoms with van der Waals surface area (Å²) >= 11 is 0. The molecule has 0 amide bonds. The average Bonchev–Trinajstić information content (AvgIpc) is 2.29. The minimum Gasteiger partial charge on any atom is -0.383 e. The zero-order chi connectivity index (χ0) is 11.8. The largest absolute Gasteiger partial charge is 0.383 e. The van der Waals surface area contributed by atoms with E-state index in [9.17, 15) is 0 Å². The van der Waals surface area contributed by atoms with Gasteiger partial charge in [0, 0.05) is 38.6 Å². The van der Waals surface area contributed by atoms with Gasteiger partial charge in [-0.1, -0.05) is 13.0 Å². The van der Waals surface area contributed by atoms with Crippen LogP contribution in [0.2, 0.25) is 0 Å². The van der Waals surface area contributed by atoms with Gasteiger partial charge >= 0.3 is 0 Å². The van der Waals surface area contributed by atoms with E-state index in [-0.39, 0.29) is 0 Å². The van der Waals surface area contributed by atoms with E-state index in [1.807, 2.05) is 14.1 Å². The van der Waals surface area contributed by atoms with Crippen LogP contribution in [-0.2, 0) is 4.74 Å². The summed E-state index contributed by atoms with van der Waals surface area (Å²) in [5.41, 5.74) is 2.35. The van der Waals surface area contributed by atoms with Crippen LogP contribution < -0.4 is 10.2 Å². The summed E-state index contributed by atoms with van der Waals surface area (Å²) in [4.78, 5) is 2.10. The molecule has 3 nitrogen and oxygen atoms in total. The topological polar surface area (TPSA) is 24.5 Å². The number of hydrogen-bond acceptors (Lipinski definition) is 3. The van der Waals surface area contributed by atoms with Gasteiger partial charge in [0.25, 0.3) is 0 Å². The number of nitrogens with one attached hydrogen (secondary N) is 1. The van der Waals surface area contributed by atoms with Crippen molar-refractivity contribution in [2.45, 2.75) is 13.3 Å². The number of hydrogen-bond donors (Lipinski definition) is 1. The first-order valence-corrected chi connectivity index (χ1v) is 5.83. The number of rotatable bonds is 7. The van der Waals surface area contributed by atoms with Gasteiger partial charge in [0.1, 0.15) is 0 Å². The fourth-order valence-electron chi connectivity index (χ4n) is 1.41. The Morgan fingerprint density at radius 2 is 2.06 bits per heavy atom. The molecule has 90 valence electrons. The van der Waals surface area contributed by atoms with Crippen LogP contribution in [0, 0.1) is 0 Å². The van der Waals surface area contributed by atoms with Crippen molar-refractivity contribution >= 4 is 11.4 Å². The molecule has 0 saturated carbocycles. The molecular weight excluding hydrogens is 200 g/mol. The Bertz CT molecular complexity index is 300. The van der Waals surface area contributed by atoms with Crippen molar-refractivity contribution in [1.82, 2.24) is 0 Å². The van der Waals surface area contributed by atoms with Crippen molar-refractivity contribution in [1.29, 1.82) is 0 Å². The van der Waals surface area contributed by atoms with E-state index in [4.69, 9.17) is 4.74 Å². The highest BCUT2D eigenvalue weighted by Crippen LogP contribution is 2.16. The molecule has 0 radical (unpaired) electrons. The van der Waals surface area contributed by atoms with Gasteiger partial charge in [-0.25, -0.2) is 0 Å².